The summed E-state index contributed by atoms with van der Waals surface area (Å²) in [6, 6.07) is 7.59. The lowest BCUT2D eigenvalue weighted by Crippen LogP contribution is -2.44. The fourth-order valence-corrected chi connectivity index (χ4v) is 1.13. The van der Waals surface area contributed by atoms with E-state index < -0.39 is 18.0 Å². The third-order valence-electron chi connectivity index (χ3n) is 2.02. The first-order valence-electron chi connectivity index (χ1n) is 5.09. The molecule has 92 valence electrons. The Morgan fingerprint density at radius 3 is 2.53 bits per heavy atom. The quantitative estimate of drug-likeness (QED) is 0.612. The van der Waals surface area contributed by atoms with Crippen molar-refractivity contribution in [1.29, 1.82) is 0 Å². The highest BCUT2D eigenvalue weighted by Gasteiger charge is 2.15. The number of carbonyl (C=O) groups excluding carboxylic acids is 2. The molecule has 0 heterocycles. The van der Waals surface area contributed by atoms with E-state index in [1.807, 2.05) is 30.3 Å². The van der Waals surface area contributed by atoms with Crippen LogP contribution in [0.1, 0.15) is 5.56 Å². The van der Waals surface area contributed by atoms with Crippen molar-refractivity contribution in [2.75, 3.05) is 6.54 Å². The number of rotatable bonds is 5. The minimum absolute atomic E-state index is 0.0387. The lowest BCUT2D eigenvalue weighted by molar-refractivity contribution is -0.146. The van der Waals surface area contributed by atoms with E-state index in [1.54, 1.807) is 0 Å². The lowest BCUT2D eigenvalue weighted by atomic mass is 10.2. The summed E-state index contributed by atoms with van der Waals surface area (Å²) in [5, 5.41) is 2.24. The summed E-state index contributed by atoms with van der Waals surface area (Å²) in [5.74, 6) is -0.581. The van der Waals surface area contributed by atoms with Crippen LogP contribution in [0.5, 0.6) is 0 Å². The van der Waals surface area contributed by atoms with Crippen LogP contribution in [0.25, 0.3) is 0 Å². The summed E-state index contributed by atoms with van der Waals surface area (Å²) < 4.78 is 4.97. The molecular formula is C11H15N3O3. The molecule has 0 bridgehead atoms. The van der Waals surface area contributed by atoms with Crippen LogP contribution in [-0.2, 0) is 16.1 Å². The van der Waals surface area contributed by atoms with Crippen molar-refractivity contribution in [3.8, 4) is 0 Å². The van der Waals surface area contributed by atoms with Gasteiger partial charge in [-0.1, -0.05) is 30.3 Å². The number of esters is 1. The summed E-state index contributed by atoms with van der Waals surface area (Å²) in [6.45, 7) is 0.118. The summed E-state index contributed by atoms with van der Waals surface area (Å²) in [4.78, 5) is 21.8. The maximum atomic E-state index is 11.4. The Hall–Kier alpha value is -2.08. The van der Waals surface area contributed by atoms with Gasteiger partial charge in [0.2, 0.25) is 0 Å². The molecule has 2 amide bonds. The fraction of sp³-hybridized carbons (Fsp3) is 0.273. The molecular weight excluding hydrogens is 222 g/mol. The zero-order valence-electron chi connectivity index (χ0n) is 9.26. The van der Waals surface area contributed by atoms with E-state index in [1.165, 1.54) is 0 Å². The number of benzene rings is 1. The van der Waals surface area contributed by atoms with Crippen molar-refractivity contribution in [3.63, 3.8) is 0 Å². The number of nitrogens with one attached hydrogen (secondary N) is 1. The predicted octanol–water partition coefficient (Wildman–Crippen LogP) is -0.275. The van der Waals surface area contributed by atoms with Crippen molar-refractivity contribution in [2.24, 2.45) is 11.5 Å². The molecule has 1 aromatic carbocycles. The summed E-state index contributed by atoms with van der Waals surface area (Å²) in [6.07, 6.45) is 0. The van der Waals surface area contributed by atoms with E-state index >= 15 is 0 Å². The predicted molar refractivity (Wildman–Crippen MR) is 61.8 cm³/mol. The van der Waals surface area contributed by atoms with Gasteiger partial charge in [0.25, 0.3) is 0 Å². The van der Waals surface area contributed by atoms with Crippen molar-refractivity contribution in [1.82, 2.24) is 5.32 Å². The maximum absolute atomic E-state index is 11.4. The van der Waals surface area contributed by atoms with Crippen LogP contribution >= 0.6 is 0 Å². The molecule has 0 radical (unpaired) electrons. The Bertz CT molecular complexity index is 381. The van der Waals surface area contributed by atoms with Crippen LogP contribution in [0.3, 0.4) is 0 Å². The van der Waals surface area contributed by atoms with Gasteiger partial charge >= 0.3 is 12.0 Å². The van der Waals surface area contributed by atoms with E-state index in [2.05, 4.69) is 5.32 Å². The van der Waals surface area contributed by atoms with Crippen LogP contribution in [-0.4, -0.2) is 24.6 Å². The van der Waals surface area contributed by atoms with Gasteiger partial charge in [-0.05, 0) is 5.56 Å². The van der Waals surface area contributed by atoms with Gasteiger partial charge in [0, 0.05) is 6.54 Å². The average molecular weight is 237 g/mol. The molecule has 1 aromatic rings. The Morgan fingerprint density at radius 2 is 1.94 bits per heavy atom. The zero-order valence-corrected chi connectivity index (χ0v) is 9.26. The van der Waals surface area contributed by atoms with Crippen LogP contribution in [0.2, 0.25) is 0 Å². The van der Waals surface area contributed by atoms with Gasteiger partial charge in [-0.3, -0.25) is 4.79 Å². The highest BCUT2D eigenvalue weighted by atomic mass is 16.5. The second kappa shape index (κ2) is 6.49. The molecule has 0 fully saturated rings. The first-order chi connectivity index (χ1) is 8.09. The van der Waals surface area contributed by atoms with Crippen molar-refractivity contribution in [3.05, 3.63) is 35.9 Å². The van der Waals surface area contributed by atoms with E-state index in [9.17, 15) is 9.59 Å². The molecule has 17 heavy (non-hydrogen) atoms. The Labute approximate surface area is 98.9 Å². The molecule has 5 N–H and O–H groups in total. The topological polar surface area (TPSA) is 107 Å². The highest BCUT2D eigenvalue weighted by Crippen LogP contribution is 2.01. The largest absolute Gasteiger partial charge is 0.460 e. The third-order valence-corrected chi connectivity index (χ3v) is 2.02. The second-order valence-corrected chi connectivity index (χ2v) is 3.44. The Balaban J connectivity index is 2.32. The minimum Gasteiger partial charge on any atom is -0.460 e. The smallest absolute Gasteiger partial charge is 0.325 e. The van der Waals surface area contributed by atoms with E-state index in [-0.39, 0.29) is 13.2 Å². The van der Waals surface area contributed by atoms with Gasteiger partial charge in [0.1, 0.15) is 12.6 Å². The molecule has 0 spiro atoms. The third kappa shape index (κ3) is 4.98. The molecule has 0 unspecified atom stereocenters. The fourth-order valence-electron chi connectivity index (χ4n) is 1.13. The van der Waals surface area contributed by atoms with Crippen LogP contribution in [0.15, 0.2) is 30.3 Å². The van der Waals surface area contributed by atoms with Crippen LogP contribution in [0, 0.1) is 0 Å². The zero-order chi connectivity index (χ0) is 12.7. The number of amides is 2. The van der Waals surface area contributed by atoms with Gasteiger partial charge in [-0.25, -0.2) is 4.79 Å². The number of urea groups is 1. The number of hydrogen-bond donors (Lipinski definition) is 3. The Kier molecular flexibility index (Phi) is 4.96. The van der Waals surface area contributed by atoms with Crippen molar-refractivity contribution >= 4 is 12.0 Å². The average Bonchev–Trinajstić information content (AvgIpc) is 2.34. The minimum atomic E-state index is -0.911. The number of primary amides is 1. The van der Waals surface area contributed by atoms with Gasteiger partial charge in [0.05, 0.1) is 0 Å². The van der Waals surface area contributed by atoms with E-state index in [0.29, 0.717) is 0 Å². The SMILES string of the molecule is NC(=O)NC[C@H](N)C(=O)OCc1ccccc1. The maximum Gasteiger partial charge on any atom is 0.325 e. The monoisotopic (exact) mass is 237 g/mol. The molecule has 6 nitrogen and oxygen atoms in total. The first kappa shape index (κ1) is 13.0. The van der Waals surface area contributed by atoms with Gasteiger partial charge in [0.15, 0.2) is 0 Å². The molecule has 0 aliphatic rings. The molecule has 6 heteroatoms. The number of nitrogens with two attached hydrogens (primary N) is 2. The second-order valence-electron chi connectivity index (χ2n) is 3.44. The number of hydrogen-bond acceptors (Lipinski definition) is 4. The van der Waals surface area contributed by atoms with Crippen molar-refractivity contribution in [2.45, 2.75) is 12.6 Å². The van der Waals surface area contributed by atoms with Gasteiger partial charge in [-0.2, -0.15) is 0 Å². The van der Waals surface area contributed by atoms with Gasteiger partial charge in [-0.15, -0.1) is 0 Å². The highest BCUT2D eigenvalue weighted by molar-refractivity contribution is 5.77. The van der Waals surface area contributed by atoms with Crippen molar-refractivity contribution < 1.29 is 14.3 Å². The van der Waals surface area contributed by atoms with E-state index in [4.69, 9.17) is 16.2 Å². The first-order valence-corrected chi connectivity index (χ1v) is 5.09. The number of carbonyl (C=O) groups is 2. The summed E-state index contributed by atoms with van der Waals surface area (Å²) in [7, 11) is 0. The molecule has 0 saturated heterocycles. The van der Waals surface area contributed by atoms with Crippen LogP contribution < -0.4 is 16.8 Å². The van der Waals surface area contributed by atoms with Gasteiger partial charge < -0.3 is 21.5 Å². The molecule has 0 aliphatic carbocycles. The lowest BCUT2D eigenvalue weighted by Gasteiger charge is -2.11. The molecule has 1 atom stereocenters. The summed E-state index contributed by atoms with van der Waals surface area (Å²) >= 11 is 0. The molecule has 0 saturated carbocycles. The Morgan fingerprint density at radius 1 is 1.29 bits per heavy atom. The van der Waals surface area contributed by atoms with E-state index in [0.717, 1.165) is 5.56 Å². The van der Waals surface area contributed by atoms with Crippen LogP contribution in [0.4, 0.5) is 4.79 Å². The molecule has 0 aromatic heterocycles. The standard InChI is InChI=1S/C11H15N3O3/c12-9(6-14-11(13)16)10(15)17-7-8-4-2-1-3-5-8/h1-5,9H,6-7,12H2,(H3,13,14,16)/t9-/m0/s1. The molecule has 1 rings (SSSR count). The molecule has 0 aliphatic heterocycles. The summed E-state index contributed by atoms with van der Waals surface area (Å²) in [5.41, 5.74) is 11.2. The normalized spacial score (nSPS) is 11.6. The number of ether oxygens (including phenoxy) is 1.